The van der Waals surface area contributed by atoms with E-state index in [0.29, 0.717) is 13.1 Å². The van der Waals surface area contributed by atoms with Gasteiger partial charge in [0.15, 0.2) is 0 Å². The zero-order valence-electron chi connectivity index (χ0n) is 11.4. The topological polar surface area (TPSA) is 79.0 Å². The van der Waals surface area contributed by atoms with Gasteiger partial charge in [0.05, 0.1) is 6.20 Å². The molecule has 1 aromatic heterocycles. The smallest absolute Gasteiger partial charge is 0.407 e. The Morgan fingerprint density at radius 3 is 2.78 bits per heavy atom. The molecule has 0 fully saturated rings. The number of rotatable bonds is 5. The van der Waals surface area contributed by atoms with Gasteiger partial charge in [-0.1, -0.05) is 0 Å². The summed E-state index contributed by atoms with van der Waals surface area (Å²) in [5.74, 6) is 0. The van der Waals surface area contributed by atoms with Crippen LogP contribution in [-0.4, -0.2) is 35.0 Å². The molecule has 0 aliphatic rings. The Labute approximate surface area is 107 Å². The second kappa shape index (κ2) is 6.39. The number of hydrogen-bond donors (Lipinski definition) is 3. The Morgan fingerprint density at radius 1 is 1.50 bits per heavy atom. The van der Waals surface area contributed by atoms with Crippen molar-refractivity contribution < 1.29 is 9.53 Å². The maximum Gasteiger partial charge on any atom is 0.407 e. The molecule has 0 aromatic carbocycles. The first-order valence-electron chi connectivity index (χ1n) is 6.07. The summed E-state index contributed by atoms with van der Waals surface area (Å²) in [6, 6.07) is 0.198. The van der Waals surface area contributed by atoms with Crippen LogP contribution in [0.5, 0.6) is 0 Å². The average molecular weight is 254 g/mol. The zero-order chi connectivity index (χ0) is 13.6. The lowest BCUT2D eigenvalue weighted by Crippen LogP contribution is -2.36. The van der Waals surface area contributed by atoms with Crippen molar-refractivity contribution >= 4 is 6.09 Å². The highest BCUT2D eigenvalue weighted by molar-refractivity contribution is 5.67. The van der Waals surface area contributed by atoms with E-state index in [1.807, 2.05) is 33.9 Å². The van der Waals surface area contributed by atoms with E-state index >= 15 is 0 Å². The number of nitrogens with zero attached hydrogens (tertiary/aromatic N) is 1. The number of ether oxygens (including phenoxy) is 1. The van der Waals surface area contributed by atoms with Crippen LogP contribution < -0.4 is 10.6 Å². The molecule has 0 saturated carbocycles. The summed E-state index contributed by atoms with van der Waals surface area (Å²) >= 11 is 0. The van der Waals surface area contributed by atoms with Crippen LogP contribution in [0.3, 0.4) is 0 Å². The monoisotopic (exact) mass is 254 g/mol. The molecule has 0 radical (unpaired) electrons. The maximum atomic E-state index is 11.4. The lowest BCUT2D eigenvalue weighted by molar-refractivity contribution is 0.0528. The Morgan fingerprint density at radius 2 is 2.22 bits per heavy atom. The van der Waals surface area contributed by atoms with Crippen LogP contribution >= 0.6 is 0 Å². The second-order valence-electron chi connectivity index (χ2n) is 5.14. The molecule has 0 bridgehead atoms. The quantitative estimate of drug-likeness (QED) is 0.697. The third-order valence-corrected chi connectivity index (χ3v) is 2.26. The van der Waals surface area contributed by atoms with Crippen molar-refractivity contribution in [2.75, 3.05) is 13.1 Å². The molecule has 0 spiro atoms. The van der Waals surface area contributed by atoms with Gasteiger partial charge in [-0.3, -0.25) is 5.10 Å². The third-order valence-electron chi connectivity index (χ3n) is 2.26. The molecule has 1 atom stereocenters. The molecule has 18 heavy (non-hydrogen) atoms. The largest absolute Gasteiger partial charge is 0.444 e. The molecule has 0 aliphatic carbocycles. The van der Waals surface area contributed by atoms with E-state index in [1.165, 1.54) is 0 Å². The van der Waals surface area contributed by atoms with Crippen molar-refractivity contribution in [3.63, 3.8) is 0 Å². The van der Waals surface area contributed by atoms with Gasteiger partial charge < -0.3 is 15.4 Å². The number of amides is 1. The summed E-state index contributed by atoms with van der Waals surface area (Å²) in [5.41, 5.74) is 0.633. The fourth-order valence-corrected chi connectivity index (χ4v) is 1.38. The van der Waals surface area contributed by atoms with E-state index in [-0.39, 0.29) is 12.1 Å². The van der Waals surface area contributed by atoms with Crippen molar-refractivity contribution in [2.45, 2.75) is 39.3 Å². The molecule has 102 valence electrons. The zero-order valence-corrected chi connectivity index (χ0v) is 11.4. The number of H-pyrrole nitrogens is 1. The van der Waals surface area contributed by atoms with Gasteiger partial charge in [-0.05, 0) is 27.7 Å². The minimum absolute atomic E-state index is 0.198. The van der Waals surface area contributed by atoms with Crippen molar-refractivity contribution in [3.8, 4) is 0 Å². The molecule has 3 N–H and O–H groups in total. The number of carbonyl (C=O) groups is 1. The van der Waals surface area contributed by atoms with Crippen molar-refractivity contribution in [3.05, 3.63) is 18.0 Å². The lowest BCUT2D eigenvalue weighted by atomic mass is 10.2. The first kappa shape index (κ1) is 14.5. The number of nitrogens with one attached hydrogen (secondary N) is 3. The first-order chi connectivity index (χ1) is 8.38. The van der Waals surface area contributed by atoms with Gasteiger partial charge in [0.1, 0.15) is 5.60 Å². The van der Waals surface area contributed by atoms with E-state index in [9.17, 15) is 4.79 Å². The molecule has 1 unspecified atom stereocenters. The Kier molecular flexibility index (Phi) is 5.15. The molecule has 0 aliphatic heterocycles. The van der Waals surface area contributed by atoms with Crippen LogP contribution in [0.25, 0.3) is 0 Å². The Bertz CT molecular complexity index is 357. The Hall–Kier alpha value is -1.56. The van der Waals surface area contributed by atoms with Gasteiger partial charge in [-0.2, -0.15) is 5.10 Å². The minimum Gasteiger partial charge on any atom is -0.444 e. The SMILES string of the molecule is CC(NCCNC(=O)OC(C)(C)C)c1cn[nH]c1. The van der Waals surface area contributed by atoms with Crippen LogP contribution in [0, 0.1) is 0 Å². The number of carbonyl (C=O) groups excluding carboxylic acids is 1. The van der Waals surface area contributed by atoms with Gasteiger partial charge in [0.2, 0.25) is 0 Å². The Balaban J connectivity index is 2.14. The minimum atomic E-state index is -0.457. The van der Waals surface area contributed by atoms with E-state index in [2.05, 4.69) is 20.8 Å². The van der Waals surface area contributed by atoms with Gasteiger partial charge in [-0.15, -0.1) is 0 Å². The van der Waals surface area contributed by atoms with E-state index in [0.717, 1.165) is 5.56 Å². The molecule has 1 aromatic rings. The molecule has 1 amide bonds. The summed E-state index contributed by atoms with van der Waals surface area (Å²) in [5, 5.41) is 12.6. The fourth-order valence-electron chi connectivity index (χ4n) is 1.38. The summed E-state index contributed by atoms with van der Waals surface area (Å²) in [4.78, 5) is 11.4. The van der Waals surface area contributed by atoms with Crippen LogP contribution in [0.4, 0.5) is 4.79 Å². The number of aromatic nitrogens is 2. The molecule has 6 heteroatoms. The number of alkyl carbamates (subject to hydrolysis) is 1. The summed E-state index contributed by atoms with van der Waals surface area (Å²) in [6.45, 7) is 8.75. The predicted molar refractivity (Wildman–Crippen MR) is 69.2 cm³/mol. The lowest BCUT2D eigenvalue weighted by Gasteiger charge is -2.20. The van der Waals surface area contributed by atoms with Gasteiger partial charge >= 0.3 is 6.09 Å². The molecule has 0 saturated heterocycles. The normalized spacial score (nSPS) is 13.1. The third kappa shape index (κ3) is 5.67. The highest BCUT2D eigenvalue weighted by Gasteiger charge is 2.15. The van der Waals surface area contributed by atoms with Crippen molar-refractivity contribution in [2.24, 2.45) is 0 Å². The highest BCUT2D eigenvalue weighted by Crippen LogP contribution is 2.08. The van der Waals surface area contributed by atoms with Gasteiger partial charge in [-0.25, -0.2) is 4.79 Å². The van der Waals surface area contributed by atoms with Crippen molar-refractivity contribution in [1.29, 1.82) is 0 Å². The van der Waals surface area contributed by atoms with E-state index in [1.54, 1.807) is 6.20 Å². The van der Waals surface area contributed by atoms with Crippen LogP contribution in [0.1, 0.15) is 39.3 Å². The van der Waals surface area contributed by atoms with E-state index in [4.69, 9.17) is 4.74 Å². The summed E-state index contributed by atoms with van der Waals surface area (Å²) < 4.78 is 5.12. The molecule has 6 nitrogen and oxygen atoms in total. The van der Waals surface area contributed by atoms with Gasteiger partial charge in [0.25, 0.3) is 0 Å². The first-order valence-corrected chi connectivity index (χ1v) is 6.07. The predicted octanol–water partition coefficient (Wildman–Crippen LogP) is 1.58. The average Bonchev–Trinajstić information content (AvgIpc) is 2.74. The number of aromatic amines is 1. The molecular formula is C12H22N4O2. The van der Waals surface area contributed by atoms with E-state index < -0.39 is 5.60 Å². The van der Waals surface area contributed by atoms with Gasteiger partial charge in [0, 0.05) is 30.9 Å². The van der Waals surface area contributed by atoms with Crippen molar-refractivity contribution in [1.82, 2.24) is 20.8 Å². The fraction of sp³-hybridized carbons (Fsp3) is 0.667. The summed E-state index contributed by atoms with van der Waals surface area (Å²) in [6.07, 6.45) is 3.23. The molecule has 1 rings (SSSR count). The van der Waals surface area contributed by atoms with Crippen LogP contribution in [-0.2, 0) is 4.74 Å². The maximum absolute atomic E-state index is 11.4. The second-order valence-corrected chi connectivity index (χ2v) is 5.14. The van der Waals surface area contributed by atoms with Crippen LogP contribution in [0.15, 0.2) is 12.4 Å². The standard InChI is InChI=1S/C12H22N4O2/c1-9(10-7-15-16-8-10)13-5-6-14-11(17)18-12(2,3)4/h7-9,13H,5-6H2,1-4H3,(H,14,17)(H,15,16). The molecular weight excluding hydrogens is 232 g/mol. The number of hydrogen-bond acceptors (Lipinski definition) is 4. The summed E-state index contributed by atoms with van der Waals surface area (Å²) in [7, 11) is 0. The highest BCUT2D eigenvalue weighted by atomic mass is 16.6. The van der Waals surface area contributed by atoms with Crippen LogP contribution in [0.2, 0.25) is 0 Å². The molecule has 1 heterocycles.